The van der Waals surface area contributed by atoms with Gasteiger partial charge >= 0.3 is 5.97 Å². The van der Waals surface area contributed by atoms with Crippen LogP contribution in [0.2, 0.25) is 0 Å². The van der Waals surface area contributed by atoms with Crippen LogP contribution in [0.4, 0.5) is 0 Å². The maximum absolute atomic E-state index is 12.0. The van der Waals surface area contributed by atoms with E-state index in [4.69, 9.17) is 5.11 Å². The van der Waals surface area contributed by atoms with Gasteiger partial charge in [-0.2, -0.15) is 0 Å². The van der Waals surface area contributed by atoms with Gasteiger partial charge in [0.1, 0.15) is 9.84 Å². The standard InChI is InChI=1S/C12H15NO5S2/c1-8(7-20(2,17)18)13-12(16)11-9(5-6-19-11)3-4-10(14)15/h3-6,8H,7H2,1-2H3,(H,13,16)(H,14,15). The molecule has 0 radical (unpaired) electrons. The molecule has 1 heterocycles. The second-order valence-electron chi connectivity index (χ2n) is 4.34. The molecule has 0 aromatic carbocycles. The van der Waals surface area contributed by atoms with Crippen molar-refractivity contribution in [3.63, 3.8) is 0 Å². The summed E-state index contributed by atoms with van der Waals surface area (Å²) >= 11 is 1.16. The molecule has 0 aliphatic heterocycles. The van der Waals surface area contributed by atoms with Gasteiger partial charge in [0.2, 0.25) is 0 Å². The molecule has 0 aliphatic rings. The molecule has 1 rings (SSSR count). The fraction of sp³-hybridized carbons (Fsp3) is 0.333. The van der Waals surface area contributed by atoms with Crippen molar-refractivity contribution < 1.29 is 23.1 Å². The summed E-state index contributed by atoms with van der Waals surface area (Å²) < 4.78 is 22.3. The molecule has 0 bridgehead atoms. The Morgan fingerprint density at radius 1 is 1.50 bits per heavy atom. The van der Waals surface area contributed by atoms with Crippen molar-refractivity contribution in [1.29, 1.82) is 0 Å². The number of hydrogen-bond acceptors (Lipinski definition) is 5. The lowest BCUT2D eigenvalue weighted by Gasteiger charge is -2.12. The van der Waals surface area contributed by atoms with Gasteiger partial charge in [-0.15, -0.1) is 11.3 Å². The molecule has 0 fully saturated rings. The lowest BCUT2D eigenvalue weighted by atomic mass is 10.2. The summed E-state index contributed by atoms with van der Waals surface area (Å²) in [4.78, 5) is 22.8. The van der Waals surface area contributed by atoms with E-state index < -0.39 is 27.8 Å². The first kappa shape index (κ1) is 16.4. The molecule has 1 aromatic heterocycles. The summed E-state index contributed by atoms with van der Waals surface area (Å²) in [5.74, 6) is -1.67. The summed E-state index contributed by atoms with van der Waals surface area (Å²) in [5.41, 5.74) is 0.487. The van der Waals surface area contributed by atoms with Crippen molar-refractivity contribution in [2.75, 3.05) is 12.0 Å². The van der Waals surface area contributed by atoms with Crippen molar-refractivity contribution in [1.82, 2.24) is 5.32 Å². The third-order valence-corrected chi connectivity index (χ3v) is 4.27. The molecule has 0 saturated heterocycles. The van der Waals surface area contributed by atoms with Gasteiger partial charge in [-0.25, -0.2) is 13.2 Å². The third kappa shape index (κ3) is 5.54. The maximum atomic E-state index is 12.0. The first-order valence-electron chi connectivity index (χ1n) is 5.66. The Hall–Kier alpha value is -1.67. The maximum Gasteiger partial charge on any atom is 0.328 e. The number of carboxylic acids is 1. The van der Waals surface area contributed by atoms with Crippen molar-refractivity contribution in [3.05, 3.63) is 28.0 Å². The van der Waals surface area contributed by atoms with Gasteiger partial charge in [-0.1, -0.05) is 0 Å². The summed E-state index contributed by atoms with van der Waals surface area (Å²) in [6.07, 6.45) is 3.37. The molecule has 0 spiro atoms. The third-order valence-electron chi connectivity index (χ3n) is 2.24. The number of sulfone groups is 1. The highest BCUT2D eigenvalue weighted by Gasteiger charge is 2.17. The minimum Gasteiger partial charge on any atom is -0.478 e. The molecule has 110 valence electrons. The Labute approximate surface area is 121 Å². The number of aliphatic carboxylic acids is 1. The number of nitrogens with one attached hydrogen (secondary N) is 1. The Bertz CT molecular complexity index is 630. The molecule has 0 aliphatic carbocycles. The van der Waals surface area contributed by atoms with Crippen LogP contribution in [0.1, 0.15) is 22.2 Å². The van der Waals surface area contributed by atoms with E-state index in [2.05, 4.69) is 5.32 Å². The first-order chi connectivity index (χ1) is 9.19. The molecule has 6 nitrogen and oxygen atoms in total. The summed E-state index contributed by atoms with van der Waals surface area (Å²) in [5, 5.41) is 12.8. The molecule has 2 N–H and O–H groups in total. The quantitative estimate of drug-likeness (QED) is 0.763. The fourth-order valence-electron chi connectivity index (χ4n) is 1.58. The molecule has 1 amide bonds. The normalized spacial score (nSPS) is 13.3. The van der Waals surface area contributed by atoms with E-state index in [9.17, 15) is 18.0 Å². The van der Waals surface area contributed by atoms with Crippen molar-refractivity contribution in [2.24, 2.45) is 0 Å². The highest BCUT2D eigenvalue weighted by molar-refractivity contribution is 7.90. The fourth-order valence-corrected chi connectivity index (χ4v) is 3.36. The zero-order valence-corrected chi connectivity index (χ0v) is 12.6. The Morgan fingerprint density at radius 2 is 2.15 bits per heavy atom. The number of carbonyl (C=O) groups excluding carboxylic acids is 1. The zero-order chi connectivity index (χ0) is 15.3. The Balaban J connectivity index is 2.78. The summed E-state index contributed by atoms with van der Waals surface area (Å²) in [7, 11) is -3.17. The highest BCUT2D eigenvalue weighted by Crippen LogP contribution is 2.18. The predicted octanol–water partition coefficient (Wildman–Crippen LogP) is 1.01. The average Bonchev–Trinajstić information content (AvgIpc) is 2.71. The van der Waals surface area contributed by atoms with E-state index >= 15 is 0 Å². The van der Waals surface area contributed by atoms with Crippen LogP contribution < -0.4 is 5.32 Å². The molecule has 8 heteroatoms. The van der Waals surface area contributed by atoms with Crippen LogP contribution in [0, 0.1) is 0 Å². The predicted molar refractivity (Wildman–Crippen MR) is 77.6 cm³/mol. The number of amides is 1. The number of carbonyl (C=O) groups is 2. The van der Waals surface area contributed by atoms with Crippen LogP contribution in [-0.4, -0.2) is 43.5 Å². The molecular formula is C12H15NO5S2. The summed E-state index contributed by atoms with van der Waals surface area (Å²) in [6, 6.07) is 1.11. The van der Waals surface area contributed by atoms with E-state index in [-0.39, 0.29) is 5.75 Å². The molecule has 20 heavy (non-hydrogen) atoms. The Kier molecular flexibility index (Phi) is 5.46. The highest BCUT2D eigenvalue weighted by atomic mass is 32.2. The van der Waals surface area contributed by atoms with E-state index in [0.29, 0.717) is 10.4 Å². The Morgan fingerprint density at radius 3 is 2.70 bits per heavy atom. The van der Waals surface area contributed by atoms with Gasteiger partial charge in [0, 0.05) is 18.4 Å². The van der Waals surface area contributed by atoms with E-state index in [1.54, 1.807) is 18.4 Å². The largest absolute Gasteiger partial charge is 0.478 e. The van der Waals surface area contributed by atoms with Gasteiger partial charge < -0.3 is 10.4 Å². The van der Waals surface area contributed by atoms with E-state index in [0.717, 1.165) is 23.7 Å². The second kappa shape index (κ2) is 6.67. The number of thiophene rings is 1. The summed E-state index contributed by atoms with van der Waals surface area (Å²) in [6.45, 7) is 1.60. The molecule has 1 aromatic rings. The van der Waals surface area contributed by atoms with E-state index in [1.807, 2.05) is 0 Å². The van der Waals surface area contributed by atoms with Crippen LogP contribution in [-0.2, 0) is 14.6 Å². The number of carboxylic acid groups (broad SMARTS) is 1. The minimum absolute atomic E-state index is 0.148. The van der Waals surface area contributed by atoms with Crippen LogP contribution in [0.5, 0.6) is 0 Å². The van der Waals surface area contributed by atoms with Crippen LogP contribution in [0.15, 0.2) is 17.5 Å². The number of rotatable bonds is 6. The van der Waals surface area contributed by atoms with Gasteiger partial charge in [0.25, 0.3) is 5.91 Å². The van der Waals surface area contributed by atoms with Gasteiger partial charge in [0.05, 0.1) is 10.6 Å². The second-order valence-corrected chi connectivity index (χ2v) is 7.44. The van der Waals surface area contributed by atoms with Gasteiger partial charge in [-0.05, 0) is 30.0 Å². The van der Waals surface area contributed by atoms with Crippen molar-refractivity contribution in [3.8, 4) is 0 Å². The molecule has 0 saturated carbocycles. The molecule has 1 unspecified atom stereocenters. The lowest BCUT2D eigenvalue weighted by molar-refractivity contribution is -0.131. The van der Waals surface area contributed by atoms with Gasteiger partial charge in [-0.3, -0.25) is 4.79 Å². The SMILES string of the molecule is CC(CS(C)(=O)=O)NC(=O)c1sccc1C=CC(=O)O. The van der Waals surface area contributed by atoms with Crippen LogP contribution in [0.25, 0.3) is 6.08 Å². The topological polar surface area (TPSA) is 101 Å². The van der Waals surface area contributed by atoms with Crippen LogP contribution >= 0.6 is 11.3 Å². The average molecular weight is 317 g/mol. The van der Waals surface area contributed by atoms with Crippen LogP contribution in [0.3, 0.4) is 0 Å². The van der Waals surface area contributed by atoms with E-state index in [1.165, 1.54) is 6.08 Å². The zero-order valence-electron chi connectivity index (χ0n) is 11.0. The van der Waals surface area contributed by atoms with Crippen molar-refractivity contribution in [2.45, 2.75) is 13.0 Å². The van der Waals surface area contributed by atoms with Crippen molar-refractivity contribution >= 4 is 39.1 Å². The minimum atomic E-state index is -3.17. The molecular weight excluding hydrogens is 302 g/mol. The smallest absolute Gasteiger partial charge is 0.328 e. The first-order valence-corrected chi connectivity index (χ1v) is 8.60. The van der Waals surface area contributed by atoms with Gasteiger partial charge in [0.15, 0.2) is 0 Å². The number of hydrogen-bond donors (Lipinski definition) is 2. The lowest BCUT2D eigenvalue weighted by Crippen LogP contribution is -2.37. The monoisotopic (exact) mass is 317 g/mol. The molecule has 1 atom stereocenters.